The number of hydrazone groups is 1. The van der Waals surface area contributed by atoms with Gasteiger partial charge in [0.05, 0.1) is 26.5 Å². The Morgan fingerprint density at radius 1 is 0.909 bits per heavy atom. The topological polar surface area (TPSA) is 81.2 Å². The minimum atomic E-state index is -0.424. The Morgan fingerprint density at radius 3 is 2.45 bits per heavy atom. The van der Waals surface area contributed by atoms with E-state index < -0.39 is 6.03 Å². The Morgan fingerprint density at radius 2 is 1.70 bits per heavy atom. The Labute approximate surface area is 194 Å². The molecule has 3 aromatic rings. The minimum absolute atomic E-state index is 0.424. The number of amides is 2. The van der Waals surface area contributed by atoms with E-state index in [1.807, 2.05) is 42.5 Å². The number of para-hydroxylation sites is 1. The fourth-order valence-corrected chi connectivity index (χ4v) is 2.96. The van der Waals surface area contributed by atoms with Crippen molar-refractivity contribution < 1.29 is 19.0 Å². The Balaban J connectivity index is 1.44. The fraction of sp³-hybridized carbons (Fsp3) is 0.231. The van der Waals surface area contributed by atoms with Gasteiger partial charge >= 0.3 is 6.03 Å². The van der Waals surface area contributed by atoms with Gasteiger partial charge in [-0.25, -0.2) is 10.2 Å². The molecule has 7 heteroatoms. The van der Waals surface area contributed by atoms with E-state index in [2.05, 4.69) is 35.8 Å². The van der Waals surface area contributed by atoms with Crippen LogP contribution < -0.4 is 25.0 Å². The highest BCUT2D eigenvalue weighted by molar-refractivity contribution is 5.90. The summed E-state index contributed by atoms with van der Waals surface area (Å²) < 4.78 is 17.1. The second-order valence-electron chi connectivity index (χ2n) is 7.40. The molecule has 2 N–H and O–H groups in total. The van der Waals surface area contributed by atoms with Crippen molar-refractivity contribution in [2.75, 3.05) is 25.6 Å². The number of carbonyl (C=O) groups is 1. The summed E-state index contributed by atoms with van der Waals surface area (Å²) in [5.41, 5.74) is 6.34. The molecule has 0 aliphatic heterocycles. The molecule has 0 spiro atoms. The first kappa shape index (κ1) is 23.7. The molecule has 3 rings (SSSR count). The van der Waals surface area contributed by atoms with Gasteiger partial charge in [-0.3, -0.25) is 0 Å². The zero-order chi connectivity index (χ0) is 23.5. The van der Waals surface area contributed by atoms with E-state index in [0.29, 0.717) is 30.4 Å². The Bertz CT molecular complexity index is 1080. The molecule has 0 aliphatic carbocycles. The van der Waals surface area contributed by atoms with E-state index in [0.717, 1.165) is 17.7 Å². The summed E-state index contributed by atoms with van der Waals surface area (Å²) in [6.07, 6.45) is 2.27. The van der Waals surface area contributed by atoms with Gasteiger partial charge in [-0.05, 0) is 73.0 Å². The van der Waals surface area contributed by atoms with Crippen LogP contribution in [0.2, 0.25) is 0 Å². The molecule has 33 heavy (non-hydrogen) atoms. The average Bonchev–Trinajstić information content (AvgIpc) is 2.82. The molecule has 7 nitrogen and oxygen atoms in total. The second kappa shape index (κ2) is 12.1. The lowest BCUT2D eigenvalue weighted by atomic mass is 10.1. The summed E-state index contributed by atoms with van der Waals surface area (Å²) in [7, 11) is 1.58. The number of urea groups is 1. The van der Waals surface area contributed by atoms with Crippen LogP contribution in [0.1, 0.15) is 23.1 Å². The number of methoxy groups -OCH3 is 1. The number of carbonyl (C=O) groups excluding carboxylic acids is 1. The summed E-state index contributed by atoms with van der Waals surface area (Å²) >= 11 is 0. The monoisotopic (exact) mass is 447 g/mol. The summed E-state index contributed by atoms with van der Waals surface area (Å²) in [6, 6.07) is 20.2. The van der Waals surface area contributed by atoms with Crippen molar-refractivity contribution in [2.45, 2.75) is 20.3 Å². The van der Waals surface area contributed by atoms with Crippen LogP contribution in [0.5, 0.6) is 17.2 Å². The predicted octanol–water partition coefficient (Wildman–Crippen LogP) is 5.32. The molecule has 0 heterocycles. The number of anilines is 1. The van der Waals surface area contributed by atoms with E-state index in [4.69, 9.17) is 14.2 Å². The number of benzene rings is 3. The van der Waals surface area contributed by atoms with Gasteiger partial charge in [0.15, 0.2) is 11.5 Å². The van der Waals surface area contributed by atoms with Gasteiger partial charge in [0.2, 0.25) is 0 Å². The molecule has 0 aliphatic rings. The third-order valence-corrected chi connectivity index (χ3v) is 4.89. The van der Waals surface area contributed by atoms with Gasteiger partial charge in [-0.2, -0.15) is 5.10 Å². The summed E-state index contributed by atoms with van der Waals surface area (Å²) in [5.74, 6) is 2.09. The smallest absolute Gasteiger partial charge is 0.339 e. The maximum absolute atomic E-state index is 11.9. The SMILES string of the molecule is COc1cc(/C=N\NC(=O)Nc2ccccc2)ccc1OCCCOc1ccc(C)c(C)c1. The molecule has 0 saturated carbocycles. The molecular weight excluding hydrogens is 418 g/mol. The fourth-order valence-electron chi connectivity index (χ4n) is 2.96. The molecule has 0 bridgehead atoms. The first-order valence-corrected chi connectivity index (χ1v) is 10.7. The first-order chi connectivity index (χ1) is 16.0. The quantitative estimate of drug-likeness (QED) is 0.251. The second-order valence-corrected chi connectivity index (χ2v) is 7.40. The first-order valence-electron chi connectivity index (χ1n) is 10.7. The molecule has 172 valence electrons. The maximum atomic E-state index is 11.9. The van der Waals surface area contributed by atoms with E-state index in [1.165, 1.54) is 17.3 Å². The van der Waals surface area contributed by atoms with Crippen LogP contribution in [0.4, 0.5) is 10.5 Å². The zero-order valence-corrected chi connectivity index (χ0v) is 19.1. The molecule has 3 aromatic carbocycles. The number of rotatable bonds is 10. The van der Waals surface area contributed by atoms with Crippen LogP contribution in [0.25, 0.3) is 0 Å². The predicted molar refractivity (Wildman–Crippen MR) is 131 cm³/mol. The highest BCUT2D eigenvalue weighted by atomic mass is 16.5. The van der Waals surface area contributed by atoms with Crippen molar-refractivity contribution in [2.24, 2.45) is 5.10 Å². The molecule has 0 radical (unpaired) electrons. The number of hydrogen-bond donors (Lipinski definition) is 2. The van der Waals surface area contributed by atoms with Gasteiger partial charge in [0.1, 0.15) is 5.75 Å². The maximum Gasteiger partial charge on any atom is 0.339 e. The highest BCUT2D eigenvalue weighted by Crippen LogP contribution is 2.27. The molecular formula is C26H29N3O4. The lowest BCUT2D eigenvalue weighted by Gasteiger charge is -2.12. The summed E-state index contributed by atoms with van der Waals surface area (Å²) in [6.45, 7) is 5.21. The van der Waals surface area contributed by atoms with E-state index in [9.17, 15) is 4.79 Å². The number of aryl methyl sites for hydroxylation is 2. The third kappa shape index (κ3) is 7.57. The average molecular weight is 448 g/mol. The standard InChI is InChI=1S/C26H29N3O4/c1-19-10-12-23(16-20(19)2)32-14-7-15-33-24-13-11-21(17-25(24)31-3)18-27-29-26(30)28-22-8-5-4-6-9-22/h4-6,8-13,16-18H,7,14-15H2,1-3H3,(H2,28,29,30)/b27-18-. The molecule has 0 fully saturated rings. The molecule has 2 amide bonds. The van der Waals surface area contributed by atoms with Crippen LogP contribution >= 0.6 is 0 Å². The lowest BCUT2D eigenvalue weighted by molar-refractivity contribution is 0.240. The van der Waals surface area contributed by atoms with Crippen molar-refractivity contribution >= 4 is 17.9 Å². The third-order valence-electron chi connectivity index (χ3n) is 4.89. The zero-order valence-electron chi connectivity index (χ0n) is 19.1. The van der Waals surface area contributed by atoms with Crippen molar-refractivity contribution in [3.63, 3.8) is 0 Å². The number of ether oxygens (including phenoxy) is 3. The highest BCUT2D eigenvalue weighted by Gasteiger charge is 2.06. The van der Waals surface area contributed by atoms with Crippen molar-refractivity contribution in [3.05, 3.63) is 83.4 Å². The summed E-state index contributed by atoms with van der Waals surface area (Å²) in [4.78, 5) is 11.9. The van der Waals surface area contributed by atoms with Crippen molar-refractivity contribution in [1.29, 1.82) is 0 Å². The minimum Gasteiger partial charge on any atom is -0.493 e. The molecule has 0 unspecified atom stereocenters. The van der Waals surface area contributed by atoms with Gasteiger partial charge < -0.3 is 19.5 Å². The van der Waals surface area contributed by atoms with Crippen molar-refractivity contribution in [1.82, 2.24) is 5.43 Å². The van der Waals surface area contributed by atoms with Crippen LogP contribution in [-0.4, -0.2) is 32.6 Å². The molecule has 0 aromatic heterocycles. The van der Waals surface area contributed by atoms with E-state index in [-0.39, 0.29) is 0 Å². The normalized spacial score (nSPS) is 10.6. The number of nitrogens with zero attached hydrogens (tertiary/aromatic N) is 1. The van der Waals surface area contributed by atoms with Crippen molar-refractivity contribution in [3.8, 4) is 17.2 Å². The number of nitrogens with one attached hydrogen (secondary N) is 2. The van der Waals surface area contributed by atoms with Crippen LogP contribution in [0.3, 0.4) is 0 Å². The molecule has 0 atom stereocenters. The van der Waals surface area contributed by atoms with Crippen LogP contribution in [-0.2, 0) is 0 Å². The van der Waals surface area contributed by atoms with Gasteiger partial charge in [0, 0.05) is 12.1 Å². The Kier molecular flexibility index (Phi) is 8.71. The lowest BCUT2D eigenvalue weighted by Crippen LogP contribution is -2.24. The number of hydrogen-bond acceptors (Lipinski definition) is 5. The summed E-state index contributed by atoms with van der Waals surface area (Å²) in [5, 5.41) is 6.66. The van der Waals surface area contributed by atoms with Gasteiger partial charge in [-0.15, -0.1) is 0 Å². The molecule has 0 saturated heterocycles. The van der Waals surface area contributed by atoms with Crippen LogP contribution in [0.15, 0.2) is 71.8 Å². The largest absolute Gasteiger partial charge is 0.493 e. The van der Waals surface area contributed by atoms with E-state index >= 15 is 0 Å². The van der Waals surface area contributed by atoms with Gasteiger partial charge in [0.25, 0.3) is 0 Å². The van der Waals surface area contributed by atoms with Crippen LogP contribution in [0, 0.1) is 13.8 Å². The van der Waals surface area contributed by atoms with Gasteiger partial charge in [-0.1, -0.05) is 24.3 Å². The van der Waals surface area contributed by atoms with E-state index in [1.54, 1.807) is 25.3 Å². The Hall–Kier alpha value is -4.00.